The Morgan fingerprint density at radius 1 is 0.824 bits per heavy atom. The minimum Gasteiger partial charge on any atom is -0.267 e. The molecule has 4 nitrogen and oxygen atoms in total. The number of hydrogen-bond donors (Lipinski definition) is 0. The van der Waals surface area contributed by atoms with E-state index in [-0.39, 0.29) is 5.91 Å². The summed E-state index contributed by atoms with van der Waals surface area (Å²) in [6.07, 6.45) is 1.67. The van der Waals surface area contributed by atoms with Crippen LogP contribution in [0.3, 0.4) is 0 Å². The number of carbonyl (C=O) groups is 1. The first-order valence-corrected chi connectivity index (χ1v) is 12.8. The standard InChI is InChI=1S/C27H17Br2N3OS/c28-22-12-6-18(7-13-22)17-30-32(27-31-24-15-14-23(29)16-25(24)34-27)26(33)21-10-8-20(9-11-21)19-4-2-1-3-5-19/h1-17H/b30-17+. The third kappa shape index (κ3) is 5.01. The summed E-state index contributed by atoms with van der Waals surface area (Å²) in [5.74, 6) is -0.244. The van der Waals surface area contributed by atoms with Gasteiger partial charge in [0.25, 0.3) is 5.91 Å². The van der Waals surface area contributed by atoms with Crippen LogP contribution in [-0.2, 0) is 0 Å². The van der Waals surface area contributed by atoms with Gasteiger partial charge in [-0.3, -0.25) is 4.79 Å². The lowest BCUT2D eigenvalue weighted by Gasteiger charge is -2.14. The average Bonchev–Trinajstić information content (AvgIpc) is 3.28. The van der Waals surface area contributed by atoms with Crippen molar-refractivity contribution in [3.05, 3.63) is 117 Å². The average molecular weight is 591 g/mol. The van der Waals surface area contributed by atoms with Crippen molar-refractivity contribution in [2.75, 3.05) is 5.01 Å². The Kier molecular flexibility index (Phi) is 6.67. The van der Waals surface area contributed by atoms with Gasteiger partial charge >= 0.3 is 0 Å². The third-order valence-electron chi connectivity index (χ3n) is 5.14. The fraction of sp³-hybridized carbons (Fsp3) is 0. The molecule has 0 atom stereocenters. The highest BCUT2D eigenvalue weighted by Crippen LogP contribution is 2.32. The summed E-state index contributed by atoms with van der Waals surface area (Å²) < 4.78 is 2.91. The van der Waals surface area contributed by atoms with Crippen LogP contribution in [-0.4, -0.2) is 17.1 Å². The van der Waals surface area contributed by atoms with Gasteiger partial charge in [0.1, 0.15) is 0 Å². The van der Waals surface area contributed by atoms with Crippen molar-refractivity contribution in [2.45, 2.75) is 0 Å². The van der Waals surface area contributed by atoms with Gasteiger partial charge in [-0.15, -0.1) is 0 Å². The van der Waals surface area contributed by atoms with Crippen LogP contribution in [0.4, 0.5) is 5.13 Å². The molecule has 4 aromatic carbocycles. The van der Waals surface area contributed by atoms with Crippen LogP contribution >= 0.6 is 43.2 Å². The molecule has 0 saturated heterocycles. The number of halogens is 2. The van der Waals surface area contributed by atoms with Crippen molar-refractivity contribution in [1.29, 1.82) is 0 Å². The zero-order valence-corrected chi connectivity index (χ0v) is 21.7. The van der Waals surface area contributed by atoms with Crippen molar-refractivity contribution >= 4 is 70.7 Å². The number of carbonyl (C=O) groups excluding carboxylic acids is 1. The number of anilines is 1. The van der Waals surface area contributed by atoms with Crippen molar-refractivity contribution in [1.82, 2.24) is 4.98 Å². The summed E-state index contributed by atoms with van der Waals surface area (Å²) in [4.78, 5) is 18.2. The number of thiazole rings is 1. The number of amides is 1. The van der Waals surface area contributed by atoms with Crippen molar-refractivity contribution < 1.29 is 4.79 Å². The second kappa shape index (κ2) is 10.0. The van der Waals surface area contributed by atoms with E-state index in [9.17, 15) is 4.79 Å². The topological polar surface area (TPSA) is 45.6 Å². The van der Waals surface area contributed by atoms with Crippen LogP contribution in [0.25, 0.3) is 21.3 Å². The number of nitrogens with zero attached hydrogens (tertiary/aromatic N) is 3. The quantitative estimate of drug-likeness (QED) is 0.153. The Morgan fingerprint density at radius 3 is 2.24 bits per heavy atom. The molecule has 0 N–H and O–H groups in total. The maximum absolute atomic E-state index is 13.6. The molecule has 0 spiro atoms. The maximum atomic E-state index is 13.6. The zero-order chi connectivity index (χ0) is 23.5. The molecule has 5 rings (SSSR count). The van der Waals surface area contributed by atoms with Gasteiger partial charge in [-0.2, -0.15) is 10.1 Å². The second-order valence-electron chi connectivity index (χ2n) is 7.46. The van der Waals surface area contributed by atoms with E-state index < -0.39 is 0 Å². The number of aromatic nitrogens is 1. The molecule has 5 aromatic rings. The molecule has 166 valence electrons. The smallest absolute Gasteiger partial charge is 0.267 e. The van der Waals surface area contributed by atoms with E-state index in [1.54, 1.807) is 6.21 Å². The number of rotatable bonds is 5. The van der Waals surface area contributed by atoms with E-state index in [1.807, 2.05) is 97.1 Å². The molecule has 0 saturated carbocycles. The third-order valence-corrected chi connectivity index (χ3v) is 7.16. The lowest BCUT2D eigenvalue weighted by atomic mass is 10.0. The molecule has 7 heteroatoms. The molecule has 0 fully saturated rings. The molecule has 0 aliphatic rings. The summed E-state index contributed by atoms with van der Waals surface area (Å²) in [5, 5.41) is 6.43. The molecular formula is C27H17Br2N3OS. The molecule has 0 aliphatic carbocycles. The number of fused-ring (bicyclic) bond motifs is 1. The fourth-order valence-corrected chi connectivity index (χ4v) is 5.14. The van der Waals surface area contributed by atoms with Crippen LogP contribution < -0.4 is 5.01 Å². The van der Waals surface area contributed by atoms with E-state index in [0.717, 1.165) is 35.9 Å². The Morgan fingerprint density at radius 2 is 1.50 bits per heavy atom. The molecule has 34 heavy (non-hydrogen) atoms. The summed E-state index contributed by atoms with van der Waals surface area (Å²) in [6, 6.07) is 31.2. The highest BCUT2D eigenvalue weighted by Gasteiger charge is 2.21. The summed E-state index contributed by atoms with van der Waals surface area (Å²) in [6.45, 7) is 0. The maximum Gasteiger partial charge on any atom is 0.280 e. The molecule has 0 aliphatic heterocycles. The molecule has 1 aromatic heterocycles. The van der Waals surface area contributed by atoms with Crippen LogP contribution in [0.5, 0.6) is 0 Å². The predicted octanol–water partition coefficient (Wildman–Crippen LogP) is 8.17. The van der Waals surface area contributed by atoms with Gasteiger partial charge in [-0.05, 0) is 59.2 Å². The molecule has 0 bridgehead atoms. The minimum absolute atomic E-state index is 0.244. The summed E-state index contributed by atoms with van der Waals surface area (Å²) in [5.41, 5.74) is 4.38. The minimum atomic E-state index is -0.244. The normalized spacial score (nSPS) is 11.2. The van der Waals surface area contributed by atoms with E-state index >= 15 is 0 Å². The van der Waals surface area contributed by atoms with Crippen LogP contribution in [0, 0.1) is 0 Å². The summed E-state index contributed by atoms with van der Waals surface area (Å²) in [7, 11) is 0. The van der Waals surface area contributed by atoms with Crippen molar-refractivity contribution in [3.8, 4) is 11.1 Å². The van der Waals surface area contributed by atoms with Gasteiger partial charge in [-0.1, -0.05) is 97.8 Å². The number of benzene rings is 4. The first-order chi connectivity index (χ1) is 16.6. The molecular weight excluding hydrogens is 574 g/mol. The van der Waals surface area contributed by atoms with Gasteiger partial charge in [0.15, 0.2) is 0 Å². The van der Waals surface area contributed by atoms with Gasteiger partial charge in [0.2, 0.25) is 5.13 Å². The monoisotopic (exact) mass is 589 g/mol. The molecule has 1 amide bonds. The van der Waals surface area contributed by atoms with E-state index in [4.69, 9.17) is 0 Å². The van der Waals surface area contributed by atoms with Crippen LogP contribution in [0.2, 0.25) is 0 Å². The lowest BCUT2D eigenvalue weighted by molar-refractivity contribution is 0.0988. The van der Waals surface area contributed by atoms with Gasteiger partial charge in [0.05, 0.1) is 16.4 Å². The largest absolute Gasteiger partial charge is 0.280 e. The molecule has 0 radical (unpaired) electrons. The van der Waals surface area contributed by atoms with Crippen LogP contribution in [0.1, 0.15) is 15.9 Å². The molecule has 0 unspecified atom stereocenters. The zero-order valence-electron chi connectivity index (χ0n) is 17.7. The highest BCUT2D eigenvalue weighted by molar-refractivity contribution is 9.10. The van der Waals surface area contributed by atoms with E-state index in [0.29, 0.717) is 10.7 Å². The van der Waals surface area contributed by atoms with Crippen molar-refractivity contribution in [2.24, 2.45) is 5.10 Å². The van der Waals surface area contributed by atoms with Gasteiger partial charge in [-0.25, -0.2) is 4.98 Å². The van der Waals surface area contributed by atoms with E-state index in [2.05, 4.69) is 41.9 Å². The SMILES string of the molecule is O=C(c1ccc(-c2ccccc2)cc1)N(/N=C/c1ccc(Br)cc1)c1nc2ccc(Br)cc2s1. The fourth-order valence-electron chi connectivity index (χ4n) is 3.40. The van der Waals surface area contributed by atoms with Gasteiger partial charge < -0.3 is 0 Å². The van der Waals surface area contributed by atoms with E-state index in [1.165, 1.54) is 16.3 Å². The second-order valence-corrected chi connectivity index (χ2v) is 10.3. The number of hydrazone groups is 1. The van der Waals surface area contributed by atoms with Crippen molar-refractivity contribution in [3.63, 3.8) is 0 Å². The first kappa shape index (κ1) is 22.7. The Balaban J connectivity index is 1.51. The Bertz CT molecular complexity index is 1480. The first-order valence-electron chi connectivity index (χ1n) is 10.4. The highest BCUT2D eigenvalue weighted by atomic mass is 79.9. The molecule has 1 heterocycles. The van der Waals surface area contributed by atoms with Crippen LogP contribution in [0.15, 0.2) is 111 Å². The Hall–Kier alpha value is -3.13. The summed E-state index contributed by atoms with van der Waals surface area (Å²) >= 11 is 8.37. The van der Waals surface area contributed by atoms with Gasteiger partial charge in [0, 0.05) is 14.5 Å². The lowest BCUT2D eigenvalue weighted by Crippen LogP contribution is -2.25. The predicted molar refractivity (Wildman–Crippen MR) is 148 cm³/mol. The Labute approximate surface area is 217 Å². The number of hydrogen-bond acceptors (Lipinski definition) is 4.